The van der Waals surface area contributed by atoms with Gasteiger partial charge in [-0.15, -0.1) is 0 Å². The normalized spacial score (nSPS) is 16.9. The van der Waals surface area contributed by atoms with Gasteiger partial charge in [-0.25, -0.2) is 0 Å². The van der Waals surface area contributed by atoms with E-state index in [9.17, 15) is 9.59 Å². The van der Waals surface area contributed by atoms with E-state index < -0.39 is 5.91 Å². The van der Waals surface area contributed by atoms with Crippen molar-refractivity contribution in [3.8, 4) is 5.75 Å². The lowest BCUT2D eigenvalue weighted by molar-refractivity contribution is -0.123. The van der Waals surface area contributed by atoms with Gasteiger partial charge in [0, 0.05) is 24.7 Å². The van der Waals surface area contributed by atoms with Crippen LogP contribution in [0, 0.1) is 0 Å². The van der Waals surface area contributed by atoms with Crippen LogP contribution in [0.4, 0.5) is 0 Å². The quantitative estimate of drug-likeness (QED) is 0.720. The molecule has 1 aliphatic heterocycles. The van der Waals surface area contributed by atoms with Gasteiger partial charge < -0.3 is 15.8 Å². The Balaban J connectivity index is 1.43. The van der Waals surface area contributed by atoms with E-state index in [-0.39, 0.29) is 12.5 Å². The summed E-state index contributed by atoms with van der Waals surface area (Å²) in [4.78, 5) is 25.8. The number of carbonyl (C=O) groups is 2. The Labute approximate surface area is 172 Å². The van der Waals surface area contributed by atoms with Crippen molar-refractivity contribution in [1.82, 2.24) is 10.2 Å². The largest absolute Gasteiger partial charge is 0.484 e. The van der Waals surface area contributed by atoms with Gasteiger partial charge in [0.15, 0.2) is 6.61 Å². The van der Waals surface area contributed by atoms with Crippen LogP contribution in [0.25, 0.3) is 0 Å². The molecular formula is C23H29N3O3. The van der Waals surface area contributed by atoms with Crippen LogP contribution in [0.3, 0.4) is 0 Å². The number of likely N-dealkylation sites (tertiary alicyclic amines) is 1. The summed E-state index contributed by atoms with van der Waals surface area (Å²) in [6, 6.07) is 15.5. The highest BCUT2D eigenvalue weighted by atomic mass is 16.5. The number of benzene rings is 2. The second-order valence-electron chi connectivity index (χ2n) is 7.59. The van der Waals surface area contributed by atoms with Gasteiger partial charge in [-0.1, -0.05) is 36.8 Å². The van der Waals surface area contributed by atoms with Crippen molar-refractivity contribution in [2.45, 2.75) is 45.3 Å². The second-order valence-corrected chi connectivity index (χ2v) is 7.59. The van der Waals surface area contributed by atoms with Crippen LogP contribution in [0.5, 0.6) is 5.75 Å². The Bertz CT molecular complexity index is 836. The summed E-state index contributed by atoms with van der Waals surface area (Å²) in [6.45, 7) is 4.78. The first-order valence-corrected chi connectivity index (χ1v) is 10.1. The molecule has 2 aromatic carbocycles. The monoisotopic (exact) mass is 395 g/mol. The lowest BCUT2D eigenvalue weighted by Gasteiger charge is -2.33. The number of rotatable bonds is 8. The number of nitrogens with two attached hydrogens (primary N) is 1. The van der Waals surface area contributed by atoms with Crippen LogP contribution in [-0.4, -0.2) is 35.9 Å². The molecule has 0 aliphatic carbocycles. The molecule has 2 amide bonds. The maximum Gasteiger partial charge on any atom is 0.258 e. The molecule has 0 saturated carbocycles. The van der Waals surface area contributed by atoms with E-state index in [4.69, 9.17) is 10.5 Å². The summed E-state index contributed by atoms with van der Waals surface area (Å²) in [5, 5.41) is 2.85. The topological polar surface area (TPSA) is 84.7 Å². The maximum absolute atomic E-state index is 12.0. The molecule has 3 rings (SSSR count). The Morgan fingerprint density at radius 2 is 1.90 bits per heavy atom. The summed E-state index contributed by atoms with van der Waals surface area (Å²) in [5.41, 5.74) is 7.94. The fourth-order valence-corrected chi connectivity index (χ4v) is 3.53. The molecule has 0 spiro atoms. The molecule has 1 saturated heterocycles. The number of ether oxygens (including phenoxy) is 1. The van der Waals surface area contributed by atoms with Gasteiger partial charge in [0.1, 0.15) is 5.75 Å². The Morgan fingerprint density at radius 3 is 2.62 bits per heavy atom. The van der Waals surface area contributed by atoms with E-state index in [0.717, 1.165) is 12.1 Å². The number of primary amides is 1. The predicted octanol–water partition coefficient (Wildman–Crippen LogP) is 2.86. The van der Waals surface area contributed by atoms with E-state index >= 15 is 0 Å². The summed E-state index contributed by atoms with van der Waals surface area (Å²) >= 11 is 0. The minimum atomic E-state index is -0.530. The average Bonchev–Trinajstić information content (AvgIpc) is 2.73. The lowest BCUT2D eigenvalue weighted by Crippen LogP contribution is -2.36. The zero-order chi connectivity index (χ0) is 20.6. The molecular weight excluding hydrogens is 366 g/mol. The number of piperidine rings is 1. The minimum Gasteiger partial charge on any atom is -0.484 e. The fraction of sp³-hybridized carbons (Fsp3) is 0.391. The van der Waals surface area contributed by atoms with Crippen molar-refractivity contribution in [1.29, 1.82) is 0 Å². The Hall–Kier alpha value is -2.86. The van der Waals surface area contributed by atoms with E-state index in [1.807, 2.05) is 0 Å². The van der Waals surface area contributed by atoms with Crippen LogP contribution < -0.4 is 15.8 Å². The van der Waals surface area contributed by atoms with Gasteiger partial charge in [-0.05, 0) is 55.6 Å². The number of hydrogen-bond acceptors (Lipinski definition) is 4. The van der Waals surface area contributed by atoms with Crippen molar-refractivity contribution < 1.29 is 14.3 Å². The Morgan fingerprint density at radius 1 is 1.14 bits per heavy atom. The molecule has 1 heterocycles. The average molecular weight is 396 g/mol. The number of nitrogens with one attached hydrogen (secondary N) is 1. The molecule has 6 heteroatoms. The third-order valence-corrected chi connectivity index (χ3v) is 5.33. The number of carbonyl (C=O) groups excluding carboxylic acids is 2. The molecule has 29 heavy (non-hydrogen) atoms. The SMILES string of the molecule is CC1CCCCN1Cc1ccc(CNC(=O)COc2cccc(C(N)=O)c2)cc1. The second kappa shape index (κ2) is 10.1. The van der Waals surface area contributed by atoms with Crippen LogP contribution in [0.1, 0.15) is 47.7 Å². The molecule has 6 nitrogen and oxygen atoms in total. The van der Waals surface area contributed by atoms with Crippen molar-refractivity contribution in [3.05, 3.63) is 65.2 Å². The minimum absolute atomic E-state index is 0.118. The van der Waals surface area contributed by atoms with Crippen molar-refractivity contribution in [3.63, 3.8) is 0 Å². The van der Waals surface area contributed by atoms with Gasteiger partial charge >= 0.3 is 0 Å². The van der Waals surface area contributed by atoms with Gasteiger partial charge in [0.2, 0.25) is 5.91 Å². The Kier molecular flexibility index (Phi) is 7.25. The number of hydrogen-bond donors (Lipinski definition) is 2. The van der Waals surface area contributed by atoms with Crippen molar-refractivity contribution >= 4 is 11.8 Å². The fourth-order valence-electron chi connectivity index (χ4n) is 3.53. The van der Waals surface area contributed by atoms with E-state index in [2.05, 4.69) is 41.4 Å². The summed E-state index contributed by atoms with van der Waals surface area (Å²) in [7, 11) is 0. The number of nitrogens with zero attached hydrogens (tertiary/aromatic N) is 1. The molecule has 3 N–H and O–H groups in total. The predicted molar refractivity (Wildman–Crippen MR) is 112 cm³/mol. The first kappa shape index (κ1) is 20.9. The summed E-state index contributed by atoms with van der Waals surface area (Å²) in [5.74, 6) is -0.313. The molecule has 1 aliphatic rings. The molecule has 1 fully saturated rings. The standard InChI is InChI=1S/C23H29N3O3/c1-17-5-2-3-12-26(17)15-19-10-8-18(9-11-19)14-25-22(27)16-29-21-7-4-6-20(13-21)23(24)28/h4,6-11,13,17H,2-3,5,12,14-16H2,1H3,(H2,24,28)(H,25,27). The molecule has 1 unspecified atom stereocenters. The van der Waals surface area contributed by atoms with Gasteiger partial charge in [-0.3, -0.25) is 14.5 Å². The molecule has 2 aromatic rings. The summed E-state index contributed by atoms with van der Waals surface area (Å²) < 4.78 is 5.44. The van der Waals surface area contributed by atoms with Crippen LogP contribution in [-0.2, 0) is 17.9 Å². The molecule has 0 radical (unpaired) electrons. The van der Waals surface area contributed by atoms with Crippen LogP contribution >= 0.6 is 0 Å². The van der Waals surface area contributed by atoms with Crippen LogP contribution in [0.15, 0.2) is 48.5 Å². The zero-order valence-electron chi connectivity index (χ0n) is 16.9. The van der Waals surface area contributed by atoms with Gasteiger partial charge in [-0.2, -0.15) is 0 Å². The van der Waals surface area contributed by atoms with E-state index in [0.29, 0.717) is 23.9 Å². The number of amides is 2. The third kappa shape index (κ3) is 6.32. The maximum atomic E-state index is 12.0. The van der Waals surface area contributed by atoms with Gasteiger partial charge in [0.25, 0.3) is 5.91 Å². The van der Waals surface area contributed by atoms with E-state index in [1.54, 1.807) is 18.2 Å². The molecule has 154 valence electrons. The summed E-state index contributed by atoms with van der Waals surface area (Å²) in [6.07, 6.45) is 3.89. The van der Waals surface area contributed by atoms with E-state index in [1.165, 1.54) is 37.4 Å². The molecule has 0 aromatic heterocycles. The molecule has 0 bridgehead atoms. The first-order valence-electron chi connectivity index (χ1n) is 10.1. The zero-order valence-corrected chi connectivity index (χ0v) is 16.9. The molecule has 1 atom stereocenters. The highest BCUT2D eigenvalue weighted by Crippen LogP contribution is 2.19. The lowest BCUT2D eigenvalue weighted by atomic mass is 10.0. The highest BCUT2D eigenvalue weighted by Gasteiger charge is 2.17. The van der Waals surface area contributed by atoms with Crippen molar-refractivity contribution in [2.24, 2.45) is 5.73 Å². The van der Waals surface area contributed by atoms with Gasteiger partial charge in [0.05, 0.1) is 0 Å². The smallest absolute Gasteiger partial charge is 0.258 e. The highest BCUT2D eigenvalue weighted by molar-refractivity contribution is 5.93. The third-order valence-electron chi connectivity index (χ3n) is 5.33. The first-order chi connectivity index (χ1) is 14.0. The van der Waals surface area contributed by atoms with Crippen LogP contribution in [0.2, 0.25) is 0 Å². The van der Waals surface area contributed by atoms with Crippen molar-refractivity contribution in [2.75, 3.05) is 13.2 Å².